The van der Waals surface area contributed by atoms with Gasteiger partial charge in [0.15, 0.2) is 6.10 Å². The summed E-state index contributed by atoms with van der Waals surface area (Å²) in [6.45, 7) is 4.47. The lowest BCUT2D eigenvalue weighted by Gasteiger charge is -2.21. The zero-order valence-electron chi connectivity index (χ0n) is 47.3. The minimum absolute atomic E-state index is 0.114. The van der Waals surface area contributed by atoms with E-state index < -0.39 is 57.8 Å². The van der Waals surface area contributed by atoms with Gasteiger partial charge in [-0.25, -0.2) is 4.57 Å². The van der Waals surface area contributed by atoms with E-state index in [1.54, 1.807) is 0 Å². The molecule has 0 spiro atoms. The van der Waals surface area contributed by atoms with Crippen LogP contribution in [-0.4, -0.2) is 66.5 Å². The van der Waals surface area contributed by atoms with Crippen molar-refractivity contribution in [2.75, 3.05) is 26.4 Å². The average molecular weight is 1060 g/mol. The third kappa shape index (κ3) is 53.7. The Morgan fingerprint density at radius 3 is 1.14 bits per heavy atom. The molecule has 0 saturated carbocycles. The molecule has 12 heteroatoms. The second-order valence-electron chi connectivity index (χ2n) is 19.8. The van der Waals surface area contributed by atoms with Crippen molar-refractivity contribution in [2.24, 2.45) is 0 Å². The molecule has 0 aliphatic carbocycles. The van der Waals surface area contributed by atoms with Gasteiger partial charge in [-0.15, -0.1) is 0 Å². The van der Waals surface area contributed by atoms with Crippen molar-refractivity contribution >= 4 is 25.7 Å². The summed E-state index contributed by atoms with van der Waals surface area (Å²) in [4.78, 5) is 48.6. The number of phosphoric acid groups is 1. The second-order valence-corrected chi connectivity index (χ2v) is 21.2. The molecule has 0 amide bonds. The minimum atomic E-state index is -4.76. The van der Waals surface area contributed by atoms with Crippen LogP contribution in [0.1, 0.15) is 265 Å². The van der Waals surface area contributed by atoms with Crippen molar-refractivity contribution in [3.63, 3.8) is 0 Å². The van der Waals surface area contributed by atoms with E-state index in [4.69, 9.17) is 23.3 Å². The Hall–Kier alpha value is -3.08. The highest BCUT2D eigenvalue weighted by atomic mass is 31.2. The maximum Gasteiger partial charge on any atom is 0.472 e. The lowest BCUT2D eigenvalue weighted by atomic mass is 10.0. The summed E-state index contributed by atoms with van der Waals surface area (Å²) in [7, 11) is -4.76. The van der Waals surface area contributed by atoms with Gasteiger partial charge in [0, 0.05) is 19.3 Å². The Kier molecular flexibility index (Phi) is 53.8. The Morgan fingerprint density at radius 2 is 0.703 bits per heavy atom. The van der Waals surface area contributed by atoms with Gasteiger partial charge in [-0.3, -0.25) is 23.4 Å². The van der Waals surface area contributed by atoms with Gasteiger partial charge in [0.05, 0.1) is 19.8 Å². The van der Waals surface area contributed by atoms with Gasteiger partial charge in [-0.1, -0.05) is 229 Å². The van der Waals surface area contributed by atoms with E-state index in [2.05, 4.69) is 93.7 Å². The van der Waals surface area contributed by atoms with Crippen LogP contribution < -0.4 is 0 Å². The van der Waals surface area contributed by atoms with Gasteiger partial charge in [0.1, 0.15) is 12.7 Å². The predicted octanol–water partition coefficient (Wildman–Crippen LogP) is 17.7. The van der Waals surface area contributed by atoms with Crippen LogP contribution in [0.3, 0.4) is 0 Å². The van der Waals surface area contributed by atoms with E-state index in [1.807, 2.05) is 0 Å². The van der Waals surface area contributed by atoms with Crippen molar-refractivity contribution < 1.29 is 52.2 Å². The third-order valence-electron chi connectivity index (χ3n) is 12.6. The molecule has 0 bridgehead atoms. The first kappa shape index (κ1) is 70.9. The monoisotopic (exact) mass is 1060 g/mol. The normalized spacial score (nSPS) is 13.9. The van der Waals surface area contributed by atoms with E-state index in [-0.39, 0.29) is 25.9 Å². The number of aliphatic hydroxyl groups excluding tert-OH is 1. The lowest BCUT2D eigenvalue weighted by molar-refractivity contribution is -0.161. The van der Waals surface area contributed by atoms with Gasteiger partial charge in [0.25, 0.3) is 0 Å². The molecule has 74 heavy (non-hydrogen) atoms. The van der Waals surface area contributed by atoms with Crippen LogP contribution in [0.5, 0.6) is 0 Å². The molecule has 3 atom stereocenters. The summed E-state index contributed by atoms with van der Waals surface area (Å²) >= 11 is 0. The van der Waals surface area contributed by atoms with Crippen molar-refractivity contribution in [1.82, 2.24) is 0 Å². The number of carbonyl (C=O) groups excluding carboxylic acids is 3. The fourth-order valence-electron chi connectivity index (χ4n) is 8.08. The van der Waals surface area contributed by atoms with Crippen molar-refractivity contribution in [3.8, 4) is 0 Å². The van der Waals surface area contributed by atoms with E-state index in [0.29, 0.717) is 19.3 Å². The van der Waals surface area contributed by atoms with Crippen LogP contribution in [0.25, 0.3) is 0 Å². The molecule has 0 aliphatic rings. The van der Waals surface area contributed by atoms with E-state index in [0.717, 1.165) is 103 Å². The minimum Gasteiger partial charge on any atom is -0.462 e. The van der Waals surface area contributed by atoms with Crippen LogP contribution in [0.2, 0.25) is 0 Å². The smallest absolute Gasteiger partial charge is 0.462 e. The third-order valence-corrected chi connectivity index (χ3v) is 13.6. The largest absolute Gasteiger partial charge is 0.472 e. The Balaban J connectivity index is 4.75. The van der Waals surface area contributed by atoms with Crippen LogP contribution in [0.4, 0.5) is 0 Å². The Bertz CT molecular complexity index is 1520. The first-order chi connectivity index (χ1) is 36.2. The van der Waals surface area contributed by atoms with Crippen LogP contribution >= 0.6 is 7.82 Å². The summed E-state index contributed by atoms with van der Waals surface area (Å²) in [5, 5.41) is 9.82. The Labute approximate surface area is 452 Å². The molecular weight excluding hydrogens is 952 g/mol. The van der Waals surface area contributed by atoms with Crippen LogP contribution in [-0.2, 0) is 42.2 Å². The SMILES string of the molecule is CC/C=C\C/C=C\C/C=C\C/C=C\CCCCC(=O)OC(COC(=O)CCCCCCCCCCCCCCCCCCC)COP(=O)(O)OCC(CO)OC(=O)CCCCCCC/C=C\C/C=C\CCCCC. The summed E-state index contributed by atoms with van der Waals surface area (Å²) in [5.74, 6) is -1.52. The van der Waals surface area contributed by atoms with E-state index in [1.165, 1.54) is 103 Å². The number of ether oxygens (including phenoxy) is 3. The molecule has 0 aromatic carbocycles. The number of carbonyl (C=O) groups is 3. The van der Waals surface area contributed by atoms with Crippen LogP contribution in [0.15, 0.2) is 72.9 Å². The summed E-state index contributed by atoms with van der Waals surface area (Å²) in [6, 6.07) is 0. The van der Waals surface area contributed by atoms with Crippen molar-refractivity contribution in [1.29, 1.82) is 0 Å². The lowest BCUT2D eigenvalue weighted by Crippen LogP contribution is -2.30. The predicted molar refractivity (Wildman–Crippen MR) is 307 cm³/mol. The molecule has 0 aliphatic heterocycles. The topological polar surface area (TPSA) is 155 Å². The molecule has 0 aromatic heterocycles. The number of allylic oxidation sites excluding steroid dienone is 12. The highest BCUT2D eigenvalue weighted by molar-refractivity contribution is 7.47. The number of phosphoric ester groups is 1. The van der Waals surface area contributed by atoms with Gasteiger partial charge < -0.3 is 24.2 Å². The number of hydrogen-bond acceptors (Lipinski definition) is 10. The molecule has 3 unspecified atom stereocenters. The van der Waals surface area contributed by atoms with Gasteiger partial charge in [-0.05, 0) is 89.9 Å². The molecule has 11 nitrogen and oxygen atoms in total. The van der Waals surface area contributed by atoms with Gasteiger partial charge in [-0.2, -0.15) is 0 Å². The maximum atomic E-state index is 12.9. The number of esters is 3. The first-order valence-electron chi connectivity index (χ1n) is 29.8. The highest BCUT2D eigenvalue weighted by Gasteiger charge is 2.28. The summed E-state index contributed by atoms with van der Waals surface area (Å²) in [5.41, 5.74) is 0. The van der Waals surface area contributed by atoms with Gasteiger partial charge in [0.2, 0.25) is 0 Å². The number of hydrogen-bond donors (Lipinski definition) is 2. The fraction of sp³-hybridized carbons (Fsp3) is 0.758. The van der Waals surface area contributed by atoms with E-state index in [9.17, 15) is 28.9 Å². The molecule has 0 fully saturated rings. The number of unbranched alkanes of at least 4 members (excludes halogenated alkanes) is 26. The molecule has 0 radical (unpaired) electrons. The molecular formula is C62H109O11P. The standard InChI is InChI=1S/C62H109O11P/c1-4-7-10-13-16-19-22-25-28-29-32-33-36-39-42-45-48-51-60(64)69-55-59(73-62(66)53-50-47-44-41-38-35-31-27-24-21-18-15-12-9-6-3)57-71-74(67,68)70-56-58(54-63)72-61(65)52-49-46-43-40-37-34-30-26-23-20-17-14-11-8-5-2/h9,12,17-18,20-21,26-27,30-31,38,41,58-59,63H,4-8,10-11,13-16,19,22-25,28-29,32-37,39-40,42-57H2,1-3H3,(H,67,68)/b12-9-,20-17-,21-18-,30-26-,31-27-,41-38-. The Morgan fingerprint density at radius 1 is 0.392 bits per heavy atom. The molecule has 0 rings (SSSR count). The number of rotatable bonds is 55. The number of aliphatic hydroxyl groups is 1. The fourth-order valence-corrected chi connectivity index (χ4v) is 8.87. The van der Waals surface area contributed by atoms with Gasteiger partial charge >= 0.3 is 25.7 Å². The summed E-state index contributed by atoms with van der Waals surface area (Å²) in [6.07, 6.45) is 62.9. The molecule has 428 valence electrons. The van der Waals surface area contributed by atoms with Crippen LogP contribution in [0, 0.1) is 0 Å². The maximum absolute atomic E-state index is 12.9. The molecule has 2 N–H and O–H groups in total. The molecule has 0 aromatic rings. The first-order valence-corrected chi connectivity index (χ1v) is 31.3. The molecule has 0 heterocycles. The van der Waals surface area contributed by atoms with Crippen molar-refractivity contribution in [3.05, 3.63) is 72.9 Å². The van der Waals surface area contributed by atoms with E-state index >= 15 is 0 Å². The molecule has 0 saturated heterocycles. The zero-order valence-corrected chi connectivity index (χ0v) is 48.2. The summed E-state index contributed by atoms with van der Waals surface area (Å²) < 4.78 is 39.5. The average Bonchev–Trinajstić information content (AvgIpc) is 3.39. The second kappa shape index (κ2) is 56.1. The highest BCUT2D eigenvalue weighted by Crippen LogP contribution is 2.43. The zero-order chi connectivity index (χ0) is 54.1. The quantitative estimate of drug-likeness (QED) is 0.0197. The van der Waals surface area contributed by atoms with Crippen molar-refractivity contribution in [2.45, 2.75) is 277 Å².